The number of aliphatic hydroxyl groups is 1. The number of halogens is 3. The Labute approximate surface area is 186 Å². The van der Waals surface area contributed by atoms with E-state index in [9.17, 15) is 23.1 Å². The van der Waals surface area contributed by atoms with Gasteiger partial charge in [-0.1, -0.05) is 0 Å². The molecule has 3 aromatic heterocycles. The van der Waals surface area contributed by atoms with E-state index < -0.39 is 24.1 Å². The number of carbonyl (C=O) groups is 1. The van der Waals surface area contributed by atoms with Gasteiger partial charge in [-0.15, -0.1) is 0 Å². The molecule has 0 spiro atoms. The lowest BCUT2D eigenvalue weighted by molar-refractivity contribution is -0.153. The standard InChI is InChI=1S/C20H22F3N7O3/c1-10-15-17(29(3)16(11(2)31)18(32)27-15)28-19(26-10)24-6-12-7-25-30(8-12)9-13-4-5-14(33-13)20(21,22)23/h4-5,7-8,11,16,31H,6,9H2,1-3H3,(H,27,32)(H,24,26,28)/t11-,16+/m1/s1. The fourth-order valence-electron chi connectivity index (χ4n) is 3.63. The third-order valence-corrected chi connectivity index (χ3v) is 5.19. The highest BCUT2D eigenvalue weighted by molar-refractivity contribution is 6.03. The highest BCUT2D eigenvalue weighted by Gasteiger charge is 2.36. The Balaban J connectivity index is 1.44. The van der Waals surface area contributed by atoms with Crippen molar-refractivity contribution >= 4 is 23.4 Å². The maximum Gasteiger partial charge on any atom is 0.449 e. The SMILES string of the molecule is Cc1nc(NCc2cnn(Cc3ccc(C(F)(F)F)o3)c2)nc2c1NC(=O)[C@H]([C@@H](C)O)N2C. The van der Waals surface area contributed by atoms with Gasteiger partial charge in [0.2, 0.25) is 17.6 Å². The number of likely N-dealkylation sites (N-methyl/N-ethyl adjacent to an activating group) is 1. The molecule has 0 aliphatic carbocycles. The van der Waals surface area contributed by atoms with E-state index in [1.807, 2.05) is 0 Å². The molecule has 10 nitrogen and oxygen atoms in total. The summed E-state index contributed by atoms with van der Waals surface area (Å²) in [5.74, 6) is -0.461. The largest absolute Gasteiger partial charge is 0.455 e. The molecule has 1 amide bonds. The van der Waals surface area contributed by atoms with E-state index in [2.05, 4.69) is 25.7 Å². The van der Waals surface area contributed by atoms with E-state index in [1.54, 1.807) is 31.3 Å². The highest BCUT2D eigenvalue weighted by Crippen LogP contribution is 2.33. The summed E-state index contributed by atoms with van der Waals surface area (Å²) in [4.78, 5) is 22.7. The second-order valence-electron chi connectivity index (χ2n) is 7.78. The number of anilines is 3. The normalized spacial score (nSPS) is 17.0. The number of fused-ring (bicyclic) bond motifs is 1. The molecule has 0 bridgehead atoms. The Morgan fingerprint density at radius 1 is 1.33 bits per heavy atom. The van der Waals surface area contributed by atoms with E-state index in [1.165, 1.54) is 17.7 Å². The second kappa shape index (κ2) is 8.39. The van der Waals surface area contributed by atoms with Crippen molar-refractivity contribution in [1.82, 2.24) is 19.7 Å². The Bertz CT molecular complexity index is 1170. The summed E-state index contributed by atoms with van der Waals surface area (Å²) in [7, 11) is 1.67. The van der Waals surface area contributed by atoms with Crippen LogP contribution in [0.5, 0.6) is 0 Å². The number of aliphatic hydroxyl groups excluding tert-OH is 1. The van der Waals surface area contributed by atoms with E-state index in [-0.39, 0.29) is 18.2 Å². The van der Waals surface area contributed by atoms with Crippen molar-refractivity contribution in [1.29, 1.82) is 0 Å². The van der Waals surface area contributed by atoms with Crippen molar-refractivity contribution in [3.05, 3.63) is 47.3 Å². The van der Waals surface area contributed by atoms with Crippen LogP contribution in [0.1, 0.15) is 29.7 Å². The summed E-state index contributed by atoms with van der Waals surface area (Å²) >= 11 is 0. The minimum atomic E-state index is -4.53. The van der Waals surface area contributed by atoms with Crippen LogP contribution in [0.3, 0.4) is 0 Å². The molecule has 2 atom stereocenters. The summed E-state index contributed by atoms with van der Waals surface area (Å²) in [6.07, 6.45) is -2.19. The molecule has 0 aromatic carbocycles. The van der Waals surface area contributed by atoms with Crippen LogP contribution in [0.2, 0.25) is 0 Å². The van der Waals surface area contributed by atoms with E-state index in [4.69, 9.17) is 4.42 Å². The van der Waals surface area contributed by atoms with Gasteiger partial charge in [0, 0.05) is 25.4 Å². The molecular weight excluding hydrogens is 443 g/mol. The smallest absolute Gasteiger partial charge is 0.449 e. The minimum absolute atomic E-state index is 0.0513. The first-order valence-electron chi connectivity index (χ1n) is 10.0. The van der Waals surface area contributed by atoms with Gasteiger partial charge in [0.25, 0.3) is 0 Å². The summed E-state index contributed by atoms with van der Waals surface area (Å²) in [5.41, 5.74) is 1.79. The Morgan fingerprint density at radius 3 is 2.76 bits per heavy atom. The lowest BCUT2D eigenvalue weighted by Crippen LogP contribution is -2.52. The highest BCUT2D eigenvalue weighted by atomic mass is 19.4. The van der Waals surface area contributed by atoms with Crippen molar-refractivity contribution in [3.63, 3.8) is 0 Å². The van der Waals surface area contributed by atoms with Gasteiger partial charge >= 0.3 is 6.18 Å². The van der Waals surface area contributed by atoms with Crippen LogP contribution < -0.4 is 15.5 Å². The quantitative estimate of drug-likeness (QED) is 0.508. The van der Waals surface area contributed by atoms with Gasteiger partial charge in [-0.3, -0.25) is 9.48 Å². The number of nitrogens with zero attached hydrogens (tertiary/aromatic N) is 5. The third-order valence-electron chi connectivity index (χ3n) is 5.19. The molecule has 176 valence electrons. The zero-order valence-corrected chi connectivity index (χ0v) is 18.0. The first kappa shape index (κ1) is 22.6. The van der Waals surface area contributed by atoms with Gasteiger partial charge in [-0.2, -0.15) is 23.3 Å². The molecule has 1 aliphatic rings. The molecule has 3 aromatic rings. The molecule has 0 saturated heterocycles. The molecule has 3 N–H and O–H groups in total. The van der Waals surface area contributed by atoms with Crippen LogP contribution in [0.4, 0.5) is 30.6 Å². The molecule has 0 fully saturated rings. The number of hydrogen-bond acceptors (Lipinski definition) is 8. The van der Waals surface area contributed by atoms with Crippen LogP contribution in [0.25, 0.3) is 0 Å². The van der Waals surface area contributed by atoms with E-state index in [0.29, 0.717) is 29.7 Å². The maximum absolute atomic E-state index is 12.7. The number of carbonyl (C=O) groups excluding carboxylic acids is 1. The number of nitrogens with one attached hydrogen (secondary N) is 2. The van der Waals surface area contributed by atoms with Gasteiger partial charge in [0.05, 0.1) is 24.5 Å². The van der Waals surface area contributed by atoms with Crippen LogP contribution in [0, 0.1) is 6.92 Å². The van der Waals surface area contributed by atoms with Crippen LogP contribution >= 0.6 is 0 Å². The topological polar surface area (TPSA) is 121 Å². The molecule has 33 heavy (non-hydrogen) atoms. The number of amides is 1. The van der Waals surface area contributed by atoms with Crippen LogP contribution in [0.15, 0.2) is 28.9 Å². The Hall–Kier alpha value is -3.61. The van der Waals surface area contributed by atoms with E-state index in [0.717, 1.165) is 11.6 Å². The molecule has 4 rings (SSSR count). The third kappa shape index (κ3) is 4.62. The lowest BCUT2D eigenvalue weighted by Gasteiger charge is -2.36. The predicted octanol–water partition coefficient (Wildman–Crippen LogP) is 2.39. The molecule has 13 heteroatoms. The van der Waals surface area contributed by atoms with Crippen molar-refractivity contribution in [2.75, 3.05) is 22.6 Å². The number of alkyl halides is 3. The fraction of sp³-hybridized carbons (Fsp3) is 0.400. The monoisotopic (exact) mass is 465 g/mol. The van der Waals surface area contributed by atoms with Crippen molar-refractivity contribution in [2.45, 2.75) is 45.3 Å². The first-order valence-corrected chi connectivity index (χ1v) is 10.0. The Kier molecular flexibility index (Phi) is 5.74. The van der Waals surface area contributed by atoms with Gasteiger partial charge in [0.1, 0.15) is 17.5 Å². The zero-order valence-electron chi connectivity index (χ0n) is 18.0. The van der Waals surface area contributed by atoms with Crippen molar-refractivity contribution in [2.24, 2.45) is 0 Å². The molecule has 4 heterocycles. The molecule has 0 radical (unpaired) electrons. The maximum atomic E-state index is 12.7. The fourth-order valence-corrected chi connectivity index (χ4v) is 3.63. The van der Waals surface area contributed by atoms with Crippen LogP contribution in [-0.2, 0) is 24.1 Å². The average molecular weight is 465 g/mol. The minimum Gasteiger partial charge on any atom is -0.455 e. The number of hydrogen-bond donors (Lipinski definition) is 3. The Morgan fingerprint density at radius 2 is 2.09 bits per heavy atom. The van der Waals surface area contributed by atoms with Gasteiger partial charge < -0.3 is 25.1 Å². The second-order valence-corrected chi connectivity index (χ2v) is 7.78. The van der Waals surface area contributed by atoms with Gasteiger partial charge in [0.15, 0.2) is 5.82 Å². The summed E-state index contributed by atoms with van der Waals surface area (Å²) in [5, 5.41) is 19.9. The van der Waals surface area contributed by atoms with Crippen LogP contribution in [-0.4, -0.2) is 50.0 Å². The molecular formula is C20H22F3N7O3. The summed E-state index contributed by atoms with van der Waals surface area (Å²) in [6.45, 7) is 3.62. The molecule has 1 aliphatic heterocycles. The number of furan rings is 1. The average Bonchev–Trinajstić information content (AvgIpc) is 3.37. The first-order chi connectivity index (χ1) is 15.5. The number of aromatic nitrogens is 4. The van der Waals surface area contributed by atoms with Gasteiger partial charge in [-0.05, 0) is 26.0 Å². The zero-order chi connectivity index (χ0) is 23.9. The predicted molar refractivity (Wildman–Crippen MR) is 112 cm³/mol. The van der Waals surface area contributed by atoms with Crippen molar-refractivity contribution in [3.8, 4) is 0 Å². The lowest BCUT2D eigenvalue weighted by atomic mass is 10.1. The summed E-state index contributed by atoms with van der Waals surface area (Å²) < 4.78 is 44.3. The van der Waals surface area contributed by atoms with Crippen molar-refractivity contribution < 1.29 is 27.5 Å². The van der Waals surface area contributed by atoms with E-state index >= 15 is 0 Å². The van der Waals surface area contributed by atoms with Gasteiger partial charge in [-0.25, -0.2) is 4.98 Å². The molecule has 0 saturated carbocycles. The molecule has 0 unspecified atom stereocenters. The number of aryl methyl sites for hydroxylation is 1. The summed E-state index contributed by atoms with van der Waals surface area (Å²) in [6, 6.07) is 1.37. The number of rotatable bonds is 6.